The molecule has 1 atom stereocenters. The number of nitrogens with one attached hydrogen (secondary N) is 1. The van der Waals surface area contributed by atoms with Gasteiger partial charge in [-0.3, -0.25) is 29.1 Å². The zero-order chi connectivity index (χ0) is 35.4. The van der Waals surface area contributed by atoms with Crippen molar-refractivity contribution in [3.8, 4) is 11.1 Å². The molecule has 0 aliphatic carbocycles. The summed E-state index contributed by atoms with van der Waals surface area (Å²) in [6.07, 6.45) is 5.97. The number of benzene rings is 2. The molecule has 7 rings (SSSR count). The highest BCUT2D eigenvalue weighted by Crippen LogP contribution is 2.45. The van der Waals surface area contributed by atoms with Crippen LogP contribution in [-0.4, -0.2) is 86.9 Å². The van der Waals surface area contributed by atoms with Crippen LogP contribution >= 0.6 is 23.2 Å². The lowest BCUT2D eigenvalue weighted by Crippen LogP contribution is -2.54. The largest absolute Gasteiger partial charge is 0.340 e. The number of imidazole rings is 1. The van der Waals surface area contributed by atoms with Crippen molar-refractivity contribution >= 4 is 68.5 Å². The SMILES string of the molecule is C[C@@]1(Cc2ccc(-c3cncnc3)cc2)C(=O)N(c2cc(Cl)cc(Cl)c2)c2ncc(S(=O)(=O)N3CCN(C(=O)C4CC(=O)NC(=O)C4)CC3)n21. The maximum atomic E-state index is 14.5. The van der Waals surface area contributed by atoms with E-state index < -0.39 is 39.2 Å². The molecule has 50 heavy (non-hydrogen) atoms. The average Bonchev–Trinajstić information content (AvgIpc) is 3.62. The molecule has 1 N–H and O–H groups in total. The van der Waals surface area contributed by atoms with Gasteiger partial charge in [-0.05, 0) is 36.2 Å². The van der Waals surface area contributed by atoms with Crippen LogP contribution in [0.5, 0.6) is 0 Å². The summed E-state index contributed by atoms with van der Waals surface area (Å²) in [4.78, 5) is 66.7. The van der Waals surface area contributed by atoms with Crippen LogP contribution in [0.3, 0.4) is 0 Å². The molecule has 3 aliphatic rings. The minimum atomic E-state index is -4.25. The summed E-state index contributed by atoms with van der Waals surface area (Å²) in [7, 11) is -4.25. The molecule has 2 saturated heterocycles. The minimum absolute atomic E-state index is 0.0373. The Morgan fingerprint density at radius 1 is 0.900 bits per heavy atom. The fraction of sp³-hybridized carbons (Fsp3) is 0.303. The number of aromatic nitrogens is 4. The number of hydrogen-bond acceptors (Lipinski definition) is 9. The summed E-state index contributed by atoms with van der Waals surface area (Å²) in [6.45, 7) is 1.72. The summed E-state index contributed by atoms with van der Waals surface area (Å²) >= 11 is 12.6. The number of sulfonamides is 1. The standard InChI is InChI=1S/C33H30Cl2N8O6S/c1-33(15-20-2-4-21(5-3-20)23-16-36-19-37-17-23)31(47)42(26-13-24(34)12-25(35)14-26)32-38-18-29(43(32)33)50(48,49)41-8-6-40(7-9-41)30(46)22-10-27(44)39-28(45)11-22/h2-5,12-14,16-19,22H,6-11,15H2,1H3,(H,39,44,45)/t33-/m1/s1. The second kappa shape index (κ2) is 12.9. The molecule has 17 heteroatoms. The van der Waals surface area contributed by atoms with Crippen molar-refractivity contribution < 1.29 is 27.6 Å². The van der Waals surface area contributed by atoms with Gasteiger partial charge in [0.05, 0.1) is 17.8 Å². The number of halogens is 2. The van der Waals surface area contributed by atoms with Crippen molar-refractivity contribution in [2.45, 2.75) is 36.8 Å². The van der Waals surface area contributed by atoms with Crippen LogP contribution in [0.1, 0.15) is 25.3 Å². The summed E-state index contributed by atoms with van der Waals surface area (Å²) < 4.78 is 31.4. The zero-order valence-electron chi connectivity index (χ0n) is 26.6. The van der Waals surface area contributed by atoms with Gasteiger partial charge in [0, 0.05) is 73.4 Å². The molecule has 4 amide bonds. The summed E-state index contributed by atoms with van der Waals surface area (Å²) in [5.74, 6) is -2.52. The Hall–Kier alpha value is -4.70. The second-order valence-corrected chi connectivity index (χ2v) is 15.3. The van der Waals surface area contributed by atoms with E-state index in [9.17, 15) is 27.6 Å². The van der Waals surface area contributed by atoms with Gasteiger partial charge in [0.25, 0.3) is 15.9 Å². The van der Waals surface area contributed by atoms with E-state index in [2.05, 4.69) is 20.3 Å². The number of hydrogen-bond donors (Lipinski definition) is 1. The minimum Gasteiger partial charge on any atom is -0.340 e. The first-order valence-electron chi connectivity index (χ1n) is 15.7. The first kappa shape index (κ1) is 33.8. The molecule has 5 heterocycles. The lowest BCUT2D eigenvalue weighted by atomic mass is 9.91. The fourth-order valence-corrected chi connectivity index (χ4v) is 8.89. The molecule has 4 aromatic rings. The summed E-state index contributed by atoms with van der Waals surface area (Å²) in [5, 5.41) is 2.57. The van der Waals surface area contributed by atoms with Gasteiger partial charge in [-0.2, -0.15) is 4.31 Å². The van der Waals surface area contributed by atoms with Gasteiger partial charge >= 0.3 is 0 Å². The Kier molecular flexibility index (Phi) is 8.70. The molecular weight excluding hydrogens is 707 g/mol. The number of fused-ring (bicyclic) bond motifs is 1. The number of anilines is 2. The zero-order valence-corrected chi connectivity index (χ0v) is 29.0. The monoisotopic (exact) mass is 736 g/mol. The third-order valence-corrected chi connectivity index (χ3v) is 11.5. The Bertz CT molecular complexity index is 2100. The maximum Gasteiger partial charge on any atom is 0.260 e. The summed E-state index contributed by atoms with van der Waals surface area (Å²) in [5.41, 5.74) is 1.32. The molecule has 0 bridgehead atoms. The lowest BCUT2D eigenvalue weighted by Gasteiger charge is -2.36. The molecule has 0 spiro atoms. The van der Waals surface area contributed by atoms with Gasteiger partial charge in [-0.25, -0.2) is 28.3 Å². The van der Waals surface area contributed by atoms with Crippen LogP contribution in [-0.2, 0) is 41.2 Å². The quantitative estimate of drug-likeness (QED) is 0.280. The normalized spacial score (nSPS) is 20.3. The molecule has 258 valence electrons. The molecule has 2 aromatic heterocycles. The van der Waals surface area contributed by atoms with Crippen molar-refractivity contribution in [3.05, 3.63) is 83.0 Å². The van der Waals surface area contributed by atoms with Gasteiger partial charge in [-0.15, -0.1) is 0 Å². The van der Waals surface area contributed by atoms with Gasteiger partial charge < -0.3 is 4.90 Å². The molecular formula is C33H30Cl2N8O6S. The van der Waals surface area contributed by atoms with Crippen LogP contribution in [0.15, 0.2) is 72.4 Å². The van der Waals surface area contributed by atoms with Crippen LogP contribution in [0.4, 0.5) is 11.6 Å². The van der Waals surface area contributed by atoms with Gasteiger partial charge in [-0.1, -0.05) is 47.5 Å². The molecule has 0 unspecified atom stereocenters. The highest BCUT2D eigenvalue weighted by molar-refractivity contribution is 7.89. The van der Waals surface area contributed by atoms with Crippen LogP contribution in [0.2, 0.25) is 10.0 Å². The van der Waals surface area contributed by atoms with Gasteiger partial charge in [0.2, 0.25) is 23.7 Å². The summed E-state index contributed by atoms with van der Waals surface area (Å²) in [6, 6.07) is 12.1. The van der Waals surface area contributed by atoms with E-state index >= 15 is 0 Å². The number of amides is 4. The predicted molar refractivity (Wildman–Crippen MR) is 182 cm³/mol. The van der Waals surface area contributed by atoms with Crippen molar-refractivity contribution in [1.82, 2.24) is 34.0 Å². The van der Waals surface area contributed by atoms with E-state index in [1.165, 1.54) is 37.3 Å². The number of nitrogens with zero attached hydrogens (tertiary/aromatic N) is 7. The third-order valence-electron chi connectivity index (χ3n) is 9.22. The third kappa shape index (κ3) is 6.04. The van der Waals surface area contributed by atoms with E-state index in [1.807, 2.05) is 24.3 Å². The van der Waals surface area contributed by atoms with Crippen LogP contribution in [0, 0.1) is 5.92 Å². The number of carbonyl (C=O) groups is 4. The topological polar surface area (TPSA) is 168 Å². The maximum absolute atomic E-state index is 14.5. The molecule has 0 radical (unpaired) electrons. The predicted octanol–water partition coefficient (Wildman–Crippen LogP) is 3.17. The molecule has 2 fully saturated rings. The number of carbonyl (C=O) groups excluding carboxylic acids is 4. The lowest BCUT2D eigenvalue weighted by molar-refractivity contribution is -0.146. The van der Waals surface area contributed by atoms with Crippen molar-refractivity contribution in [2.75, 3.05) is 31.1 Å². The number of piperidine rings is 1. The van der Waals surface area contributed by atoms with E-state index in [1.54, 1.807) is 31.5 Å². The Labute approximate surface area is 297 Å². The Morgan fingerprint density at radius 2 is 1.52 bits per heavy atom. The Morgan fingerprint density at radius 3 is 2.14 bits per heavy atom. The van der Waals surface area contributed by atoms with Crippen molar-refractivity contribution in [3.63, 3.8) is 0 Å². The molecule has 3 aliphatic heterocycles. The first-order chi connectivity index (χ1) is 23.8. The van der Waals surface area contributed by atoms with E-state index in [4.69, 9.17) is 23.2 Å². The first-order valence-corrected chi connectivity index (χ1v) is 17.9. The highest BCUT2D eigenvalue weighted by Gasteiger charge is 2.52. The molecule has 14 nitrogen and oxygen atoms in total. The second-order valence-electron chi connectivity index (χ2n) is 12.6. The smallest absolute Gasteiger partial charge is 0.260 e. The van der Waals surface area contributed by atoms with E-state index in [0.717, 1.165) is 16.7 Å². The van der Waals surface area contributed by atoms with Gasteiger partial charge in [0.15, 0.2) is 5.03 Å². The number of rotatable bonds is 7. The Balaban J connectivity index is 1.21. The van der Waals surface area contributed by atoms with Gasteiger partial charge in [0.1, 0.15) is 11.9 Å². The van der Waals surface area contributed by atoms with E-state index in [0.29, 0.717) is 5.69 Å². The number of imide groups is 1. The fourth-order valence-electron chi connectivity index (χ4n) is 6.77. The van der Waals surface area contributed by atoms with Crippen LogP contribution in [0.25, 0.3) is 11.1 Å². The van der Waals surface area contributed by atoms with Crippen molar-refractivity contribution in [2.24, 2.45) is 5.92 Å². The molecule has 0 saturated carbocycles. The average molecular weight is 738 g/mol. The highest BCUT2D eigenvalue weighted by atomic mass is 35.5. The molecule has 2 aromatic carbocycles. The van der Waals surface area contributed by atoms with Crippen LogP contribution < -0.4 is 10.2 Å². The number of piperazine rings is 1. The van der Waals surface area contributed by atoms with Crippen molar-refractivity contribution in [1.29, 1.82) is 0 Å². The van der Waals surface area contributed by atoms with E-state index in [-0.39, 0.29) is 72.4 Å².